The summed E-state index contributed by atoms with van der Waals surface area (Å²) in [5, 5.41) is 16.9. The SMILES string of the molecule is C/C(=C\c1csc(CN=[N+]=[N-])n1)C1CC2OC2(C)CCCC(C)C(O)C(C)C(=O)C(C)(C)/C=C\C(=O)O1. The van der Waals surface area contributed by atoms with Crippen LogP contribution in [0.2, 0.25) is 0 Å². The topological polar surface area (TPSA) is 138 Å². The Bertz CT molecular complexity index is 1110. The average Bonchev–Trinajstić information content (AvgIpc) is 3.26. The zero-order chi connectivity index (χ0) is 27.4. The Kier molecular flexibility index (Phi) is 9.34. The number of hydrogen-bond acceptors (Lipinski definition) is 8. The van der Waals surface area contributed by atoms with Crippen LogP contribution >= 0.6 is 11.3 Å². The number of aromatic nitrogens is 1. The maximum absolute atomic E-state index is 13.2. The van der Waals surface area contributed by atoms with Gasteiger partial charge in [0, 0.05) is 34.1 Å². The highest BCUT2D eigenvalue weighted by Crippen LogP contribution is 2.45. The molecule has 10 heteroatoms. The fourth-order valence-corrected chi connectivity index (χ4v) is 5.60. The average molecular weight is 531 g/mol. The third kappa shape index (κ3) is 7.51. The molecular formula is C27H38N4O5S. The molecule has 0 radical (unpaired) electrons. The number of hydrogen-bond donors (Lipinski definition) is 1. The summed E-state index contributed by atoms with van der Waals surface area (Å²) in [4.78, 5) is 33.2. The van der Waals surface area contributed by atoms with E-state index in [1.54, 1.807) is 26.8 Å². The first-order chi connectivity index (χ1) is 17.4. The highest BCUT2D eigenvalue weighted by Gasteiger charge is 2.52. The van der Waals surface area contributed by atoms with E-state index >= 15 is 0 Å². The molecule has 37 heavy (non-hydrogen) atoms. The first kappa shape index (κ1) is 29.0. The van der Waals surface area contributed by atoms with Gasteiger partial charge in [-0.25, -0.2) is 9.78 Å². The molecule has 1 fully saturated rings. The fraction of sp³-hybridized carbons (Fsp3) is 0.667. The molecule has 3 heterocycles. The van der Waals surface area contributed by atoms with Gasteiger partial charge >= 0.3 is 5.97 Å². The largest absolute Gasteiger partial charge is 0.455 e. The second-order valence-corrected chi connectivity index (χ2v) is 12.0. The number of aliphatic hydroxyl groups is 1. The highest BCUT2D eigenvalue weighted by atomic mass is 32.1. The maximum Gasteiger partial charge on any atom is 0.331 e. The molecule has 0 aliphatic carbocycles. The molecule has 0 aromatic carbocycles. The lowest BCUT2D eigenvalue weighted by molar-refractivity contribution is -0.141. The van der Waals surface area contributed by atoms with E-state index in [4.69, 9.17) is 15.0 Å². The van der Waals surface area contributed by atoms with Gasteiger partial charge in [0.2, 0.25) is 0 Å². The van der Waals surface area contributed by atoms with E-state index in [1.165, 1.54) is 17.4 Å². The normalized spacial score (nSPS) is 34.1. The van der Waals surface area contributed by atoms with E-state index in [-0.39, 0.29) is 30.0 Å². The number of allylic oxidation sites excluding steroid dienone is 1. The van der Waals surface area contributed by atoms with Crippen LogP contribution in [-0.2, 0) is 25.6 Å². The molecule has 6 atom stereocenters. The van der Waals surface area contributed by atoms with E-state index in [0.29, 0.717) is 17.1 Å². The van der Waals surface area contributed by atoms with Crippen molar-refractivity contribution in [2.75, 3.05) is 0 Å². The quantitative estimate of drug-likeness (QED) is 0.172. The number of aliphatic hydroxyl groups excluding tert-OH is 1. The molecule has 0 amide bonds. The van der Waals surface area contributed by atoms with Crippen molar-refractivity contribution < 1.29 is 24.2 Å². The van der Waals surface area contributed by atoms with E-state index in [9.17, 15) is 14.7 Å². The number of azide groups is 1. The number of ether oxygens (including phenoxy) is 2. The van der Waals surface area contributed by atoms with Gasteiger partial charge in [0.1, 0.15) is 11.9 Å². The highest BCUT2D eigenvalue weighted by molar-refractivity contribution is 7.09. The van der Waals surface area contributed by atoms with Gasteiger partial charge in [-0.15, -0.1) is 11.3 Å². The van der Waals surface area contributed by atoms with Gasteiger partial charge in [-0.1, -0.05) is 31.5 Å². The molecule has 2 aliphatic rings. The van der Waals surface area contributed by atoms with E-state index in [0.717, 1.165) is 24.8 Å². The van der Waals surface area contributed by atoms with Crippen molar-refractivity contribution in [2.24, 2.45) is 22.4 Å². The molecular weight excluding hydrogens is 492 g/mol. The summed E-state index contributed by atoms with van der Waals surface area (Å²) in [5.41, 5.74) is 8.81. The Morgan fingerprint density at radius 3 is 2.78 bits per heavy atom. The number of ketones is 1. The van der Waals surface area contributed by atoms with Crippen LogP contribution in [-0.4, -0.2) is 45.8 Å². The number of Topliss-reactive ketones (excluding diaryl/α,β-unsaturated/α-hetero) is 1. The molecule has 0 bridgehead atoms. The first-order valence-electron chi connectivity index (χ1n) is 12.8. The zero-order valence-corrected chi connectivity index (χ0v) is 23.3. The van der Waals surface area contributed by atoms with Crippen molar-refractivity contribution >= 4 is 29.2 Å². The number of carbonyl (C=O) groups excluding carboxylic acids is 2. The van der Waals surface area contributed by atoms with E-state index < -0.39 is 29.5 Å². The van der Waals surface area contributed by atoms with Crippen LogP contribution in [0.25, 0.3) is 16.5 Å². The molecule has 202 valence electrons. The lowest BCUT2D eigenvalue weighted by Crippen LogP contribution is -2.38. The van der Waals surface area contributed by atoms with E-state index in [1.807, 2.05) is 25.3 Å². The van der Waals surface area contributed by atoms with Crippen LogP contribution in [0.4, 0.5) is 0 Å². The van der Waals surface area contributed by atoms with Gasteiger partial charge in [0.25, 0.3) is 0 Å². The predicted octanol–water partition coefficient (Wildman–Crippen LogP) is 5.78. The minimum Gasteiger partial charge on any atom is -0.455 e. The monoisotopic (exact) mass is 530 g/mol. The zero-order valence-electron chi connectivity index (χ0n) is 22.5. The smallest absolute Gasteiger partial charge is 0.331 e. The van der Waals surface area contributed by atoms with Crippen LogP contribution in [0.3, 0.4) is 0 Å². The minimum absolute atomic E-state index is 0.0304. The summed E-state index contributed by atoms with van der Waals surface area (Å²) in [6.45, 7) is 11.4. The Labute approximate surface area is 222 Å². The summed E-state index contributed by atoms with van der Waals surface area (Å²) in [6, 6.07) is 0. The van der Waals surface area contributed by atoms with Crippen LogP contribution in [0.1, 0.15) is 77.9 Å². The lowest BCUT2D eigenvalue weighted by Gasteiger charge is -2.30. The number of rotatable bonds is 4. The molecule has 6 unspecified atom stereocenters. The Balaban J connectivity index is 1.85. The maximum atomic E-state index is 13.2. The standard InChI is InChI=1S/C27H38N4O5S/c1-16-8-7-10-27(6)21(36-27)13-20(17(2)12-19-15-37-22(30-19)14-29-31-28)35-23(32)9-11-26(4,5)25(34)18(3)24(16)33/h9,11-12,15-16,18,20-21,24,33H,7-8,10,13-14H2,1-6H3/b11-9-,17-12+. The van der Waals surface area contributed by atoms with Crippen LogP contribution in [0, 0.1) is 17.3 Å². The number of thiazole rings is 1. The molecule has 1 saturated heterocycles. The number of cyclic esters (lactones) is 1. The summed E-state index contributed by atoms with van der Waals surface area (Å²) < 4.78 is 11.9. The molecule has 2 aliphatic heterocycles. The number of esters is 1. The molecule has 9 nitrogen and oxygen atoms in total. The van der Waals surface area contributed by atoms with Crippen LogP contribution in [0.5, 0.6) is 0 Å². The van der Waals surface area contributed by atoms with Crippen molar-refractivity contribution in [3.8, 4) is 0 Å². The van der Waals surface area contributed by atoms with Crippen molar-refractivity contribution in [1.29, 1.82) is 0 Å². The van der Waals surface area contributed by atoms with Gasteiger partial charge in [0.15, 0.2) is 0 Å². The van der Waals surface area contributed by atoms with Gasteiger partial charge < -0.3 is 14.6 Å². The van der Waals surface area contributed by atoms with Gasteiger partial charge in [-0.3, -0.25) is 4.79 Å². The predicted molar refractivity (Wildman–Crippen MR) is 143 cm³/mol. The second kappa shape index (κ2) is 11.9. The van der Waals surface area contributed by atoms with Gasteiger partial charge in [-0.2, -0.15) is 0 Å². The summed E-state index contributed by atoms with van der Waals surface area (Å²) >= 11 is 1.40. The Morgan fingerprint density at radius 2 is 2.08 bits per heavy atom. The molecule has 1 N–H and O–H groups in total. The van der Waals surface area contributed by atoms with Crippen molar-refractivity contribution in [2.45, 2.75) is 97.7 Å². The molecule has 0 spiro atoms. The van der Waals surface area contributed by atoms with Gasteiger partial charge in [0.05, 0.1) is 35.1 Å². The molecule has 3 rings (SSSR count). The molecule has 0 saturated carbocycles. The van der Waals surface area contributed by atoms with Gasteiger partial charge in [-0.05, 0) is 63.6 Å². The molecule has 1 aromatic heterocycles. The third-order valence-corrected chi connectivity index (χ3v) is 8.41. The minimum atomic E-state index is -0.933. The summed E-state index contributed by atoms with van der Waals surface area (Å²) in [5.74, 6) is -1.25. The number of epoxide rings is 1. The summed E-state index contributed by atoms with van der Waals surface area (Å²) in [7, 11) is 0. The van der Waals surface area contributed by atoms with Crippen molar-refractivity contribution in [3.63, 3.8) is 0 Å². The second-order valence-electron chi connectivity index (χ2n) is 11.1. The number of carbonyl (C=O) groups is 2. The fourth-order valence-electron chi connectivity index (χ4n) is 4.93. The third-order valence-electron chi connectivity index (χ3n) is 7.56. The lowest BCUT2D eigenvalue weighted by atomic mass is 9.76. The van der Waals surface area contributed by atoms with Crippen molar-refractivity contribution in [3.05, 3.63) is 44.2 Å². The van der Waals surface area contributed by atoms with Crippen LogP contribution < -0.4 is 0 Å². The number of fused-ring (bicyclic) bond motifs is 1. The Morgan fingerprint density at radius 1 is 1.35 bits per heavy atom. The Hall–Kier alpha value is -2.52. The first-order valence-corrected chi connectivity index (χ1v) is 13.7. The summed E-state index contributed by atoms with van der Waals surface area (Å²) in [6.07, 6.45) is 6.38. The molecule has 1 aromatic rings. The number of nitrogens with zero attached hydrogens (tertiary/aromatic N) is 4. The van der Waals surface area contributed by atoms with Crippen molar-refractivity contribution in [1.82, 2.24) is 4.98 Å². The van der Waals surface area contributed by atoms with Crippen LogP contribution in [0.15, 0.2) is 28.2 Å². The van der Waals surface area contributed by atoms with E-state index in [2.05, 4.69) is 21.9 Å².